The maximum atomic E-state index is 13.5. The van der Waals surface area contributed by atoms with Gasteiger partial charge in [-0.25, -0.2) is 4.39 Å². The zero-order chi connectivity index (χ0) is 21.8. The molecule has 2 aromatic carbocycles. The van der Waals surface area contributed by atoms with Gasteiger partial charge in [0, 0.05) is 23.5 Å². The highest BCUT2D eigenvalue weighted by Crippen LogP contribution is 2.37. The molecule has 0 N–H and O–H groups in total. The number of fused-ring (bicyclic) bond motifs is 1. The summed E-state index contributed by atoms with van der Waals surface area (Å²) in [6.45, 7) is 4.52. The van der Waals surface area contributed by atoms with Crippen LogP contribution in [0, 0.1) is 5.82 Å². The van der Waals surface area contributed by atoms with E-state index in [2.05, 4.69) is 6.58 Å². The molecule has 1 aliphatic rings. The second-order valence-electron chi connectivity index (χ2n) is 7.43. The third-order valence-electron chi connectivity index (χ3n) is 5.46. The van der Waals surface area contributed by atoms with Crippen LogP contribution in [0.4, 0.5) is 4.39 Å². The molecule has 3 aromatic rings. The molecule has 31 heavy (non-hydrogen) atoms. The molecule has 158 valence electrons. The van der Waals surface area contributed by atoms with Crippen molar-refractivity contribution < 1.29 is 14.0 Å². The zero-order valence-corrected chi connectivity index (χ0v) is 17.9. The van der Waals surface area contributed by atoms with Crippen molar-refractivity contribution >= 4 is 23.2 Å². The first-order valence-corrected chi connectivity index (χ1v) is 11.0. The lowest BCUT2D eigenvalue weighted by atomic mass is 9.93. The maximum absolute atomic E-state index is 13.5. The van der Waals surface area contributed by atoms with Crippen molar-refractivity contribution in [3.63, 3.8) is 0 Å². The summed E-state index contributed by atoms with van der Waals surface area (Å²) in [5.41, 5.74) is 2.46. The zero-order valence-electron chi connectivity index (χ0n) is 17.0. The van der Waals surface area contributed by atoms with Crippen LogP contribution in [0.3, 0.4) is 0 Å². The van der Waals surface area contributed by atoms with E-state index in [4.69, 9.17) is 0 Å². The predicted molar refractivity (Wildman–Crippen MR) is 121 cm³/mol. The third-order valence-corrected chi connectivity index (χ3v) is 6.45. The van der Waals surface area contributed by atoms with Gasteiger partial charge in [0.25, 0.3) is 5.91 Å². The van der Waals surface area contributed by atoms with E-state index in [0.29, 0.717) is 12.1 Å². The summed E-state index contributed by atoms with van der Waals surface area (Å²) < 4.78 is 13.5. The highest BCUT2D eigenvalue weighted by atomic mass is 32.1. The normalized spacial score (nSPS) is 15.3. The molecule has 1 unspecified atom stereocenters. The molecule has 0 spiro atoms. The van der Waals surface area contributed by atoms with Gasteiger partial charge >= 0.3 is 0 Å². The van der Waals surface area contributed by atoms with Crippen molar-refractivity contribution in [1.82, 2.24) is 9.80 Å². The average molecular weight is 435 g/mol. The van der Waals surface area contributed by atoms with Crippen LogP contribution in [0.5, 0.6) is 0 Å². The minimum Gasteiger partial charge on any atom is -0.330 e. The van der Waals surface area contributed by atoms with E-state index >= 15 is 0 Å². The van der Waals surface area contributed by atoms with Crippen LogP contribution >= 0.6 is 11.3 Å². The molecule has 2 heterocycles. The SMILES string of the molecule is C=CCN(CC(=O)N1CCc2sccc2C1c1ccc(F)cc1)C(=O)c1ccccc1. The number of halogens is 1. The summed E-state index contributed by atoms with van der Waals surface area (Å²) in [6.07, 6.45) is 2.39. The van der Waals surface area contributed by atoms with E-state index in [-0.39, 0.29) is 36.8 Å². The molecular weight excluding hydrogens is 411 g/mol. The highest BCUT2D eigenvalue weighted by molar-refractivity contribution is 7.10. The van der Waals surface area contributed by atoms with Crippen LogP contribution in [0.25, 0.3) is 0 Å². The molecule has 6 heteroatoms. The first-order chi connectivity index (χ1) is 15.1. The summed E-state index contributed by atoms with van der Waals surface area (Å²) >= 11 is 1.68. The van der Waals surface area contributed by atoms with Gasteiger partial charge in [-0.2, -0.15) is 0 Å². The molecule has 0 bridgehead atoms. The van der Waals surface area contributed by atoms with Crippen LogP contribution < -0.4 is 0 Å². The Kier molecular flexibility index (Phi) is 6.28. The van der Waals surface area contributed by atoms with Crippen LogP contribution in [0.1, 0.15) is 32.4 Å². The van der Waals surface area contributed by atoms with Gasteiger partial charge in [-0.05, 0) is 53.3 Å². The van der Waals surface area contributed by atoms with Gasteiger partial charge in [-0.3, -0.25) is 9.59 Å². The molecule has 1 atom stereocenters. The maximum Gasteiger partial charge on any atom is 0.254 e. The Bertz CT molecular complexity index is 1080. The highest BCUT2D eigenvalue weighted by Gasteiger charge is 2.34. The van der Waals surface area contributed by atoms with Crippen molar-refractivity contribution in [3.05, 3.63) is 106 Å². The fourth-order valence-corrected chi connectivity index (χ4v) is 4.89. The van der Waals surface area contributed by atoms with Gasteiger partial charge in [0.1, 0.15) is 12.4 Å². The molecule has 4 nitrogen and oxygen atoms in total. The van der Waals surface area contributed by atoms with Crippen molar-refractivity contribution in [1.29, 1.82) is 0 Å². The van der Waals surface area contributed by atoms with Crippen LogP contribution in [0.15, 0.2) is 78.7 Å². The van der Waals surface area contributed by atoms with E-state index in [1.54, 1.807) is 58.7 Å². The van der Waals surface area contributed by atoms with Gasteiger partial charge < -0.3 is 9.80 Å². The number of carbonyl (C=O) groups is 2. The molecule has 2 amide bonds. The van der Waals surface area contributed by atoms with Gasteiger partial charge in [-0.15, -0.1) is 17.9 Å². The third kappa shape index (κ3) is 4.44. The number of hydrogen-bond acceptors (Lipinski definition) is 3. The smallest absolute Gasteiger partial charge is 0.254 e. The van der Waals surface area contributed by atoms with Gasteiger partial charge in [0.05, 0.1) is 6.04 Å². The first-order valence-electron chi connectivity index (χ1n) is 10.1. The summed E-state index contributed by atoms with van der Waals surface area (Å²) in [5.74, 6) is -0.661. The summed E-state index contributed by atoms with van der Waals surface area (Å²) in [4.78, 5) is 30.9. The predicted octanol–water partition coefficient (Wildman–Crippen LogP) is 4.69. The molecule has 0 saturated carbocycles. The van der Waals surface area contributed by atoms with Crippen molar-refractivity contribution in [2.24, 2.45) is 0 Å². The molecule has 0 saturated heterocycles. The number of thiophene rings is 1. The van der Waals surface area contributed by atoms with Gasteiger partial charge in [0.15, 0.2) is 0 Å². The second-order valence-corrected chi connectivity index (χ2v) is 8.43. The minimum atomic E-state index is -0.311. The van der Waals surface area contributed by atoms with Crippen molar-refractivity contribution in [2.45, 2.75) is 12.5 Å². The quantitative estimate of drug-likeness (QED) is 0.528. The van der Waals surface area contributed by atoms with Crippen molar-refractivity contribution in [3.8, 4) is 0 Å². The Labute approximate surface area is 185 Å². The lowest BCUT2D eigenvalue weighted by molar-refractivity contribution is -0.133. The minimum absolute atomic E-state index is 0.0447. The molecular formula is C25H23FN2O2S. The number of carbonyl (C=O) groups excluding carboxylic acids is 2. The van der Waals surface area contributed by atoms with Crippen molar-refractivity contribution in [2.75, 3.05) is 19.6 Å². The van der Waals surface area contributed by atoms with E-state index in [1.165, 1.54) is 21.9 Å². The second kappa shape index (κ2) is 9.27. The van der Waals surface area contributed by atoms with E-state index in [1.807, 2.05) is 17.5 Å². The van der Waals surface area contributed by atoms with E-state index < -0.39 is 0 Å². The molecule has 4 rings (SSSR count). The molecule has 1 aromatic heterocycles. The first kappa shape index (κ1) is 21.0. The standard InChI is InChI=1S/C25H23FN2O2S/c1-2-14-27(25(30)19-6-4-3-5-7-19)17-23(29)28-15-12-22-21(13-16-31-22)24(28)18-8-10-20(26)11-9-18/h2-11,13,16,24H,1,12,14-15,17H2. The Morgan fingerprint density at radius 1 is 1.13 bits per heavy atom. The van der Waals surface area contributed by atoms with Gasteiger partial charge in [-0.1, -0.05) is 36.4 Å². The largest absolute Gasteiger partial charge is 0.330 e. The molecule has 0 aliphatic carbocycles. The Balaban J connectivity index is 1.61. The lowest BCUT2D eigenvalue weighted by Gasteiger charge is -2.37. The number of amides is 2. The number of rotatable bonds is 6. The lowest BCUT2D eigenvalue weighted by Crippen LogP contribution is -2.46. The average Bonchev–Trinajstić information content (AvgIpc) is 3.28. The number of benzene rings is 2. The fraction of sp³-hybridized carbons (Fsp3) is 0.200. The summed E-state index contributed by atoms with van der Waals surface area (Å²) in [6, 6.07) is 17.0. The molecule has 0 fully saturated rings. The Morgan fingerprint density at radius 3 is 2.58 bits per heavy atom. The number of hydrogen-bond donors (Lipinski definition) is 0. The molecule has 0 radical (unpaired) electrons. The monoisotopic (exact) mass is 434 g/mol. The fourth-order valence-electron chi connectivity index (χ4n) is 3.98. The van der Waals surface area contributed by atoms with Gasteiger partial charge in [0.2, 0.25) is 5.91 Å². The van der Waals surface area contributed by atoms with E-state index in [9.17, 15) is 14.0 Å². The summed E-state index contributed by atoms with van der Waals surface area (Å²) in [5, 5.41) is 2.03. The topological polar surface area (TPSA) is 40.6 Å². The Morgan fingerprint density at radius 2 is 1.87 bits per heavy atom. The molecule has 1 aliphatic heterocycles. The van der Waals surface area contributed by atoms with Crippen LogP contribution in [-0.4, -0.2) is 41.2 Å². The Hall–Kier alpha value is -3.25. The summed E-state index contributed by atoms with van der Waals surface area (Å²) in [7, 11) is 0. The number of nitrogens with zero attached hydrogens (tertiary/aromatic N) is 2. The van der Waals surface area contributed by atoms with E-state index in [0.717, 1.165) is 17.5 Å². The van der Waals surface area contributed by atoms with Crippen LogP contribution in [-0.2, 0) is 11.2 Å². The van der Waals surface area contributed by atoms with Crippen LogP contribution in [0.2, 0.25) is 0 Å².